The van der Waals surface area contributed by atoms with Crippen LogP contribution in [-0.4, -0.2) is 51.7 Å². The fourth-order valence-corrected chi connectivity index (χ4v) is 4.43. The van der Waals surface area contributed by atoms with Crippen molar-refractivity contribution in [1.29, 1.82) is 0 Å². The fraction of sp³-hybridized carbons (Fsp3) is 0.522. The van der Waals surface area contributed by atoms with Gasteiger partial charge in [-0.15, -0.1) is 0 Å². The lowest BCUT2D eigenvalue weighted by atomic mass is 10.1. The van der Waals surface area contributed by atoms with Gasteiger partial charge >= 0.3 is 6.09 Å². The normalized spacial score (nSPS) is 19.9. The molecule has 3 atom stereocenters. The SMILES string of the molecule is C[C@@H]1CN(c2ncc(Cl)c(N[C@H](C)c3ccc(Cl)cc3Cl)n2)[C@@H](C)CN1C(=O)OC(C)(C)C. The van der Waals surface area contributed by atoms with Crippen molar-refractivity contribution in [3.63, 3.8) is 0 Å². The molecule has 0 radical (unpaired) electrons. The van der Waals surface area contributed by atoms with Crippen molar-refractivity contribution < 1.29 is 9.53 Å². The fourth-order valence-electron chi connectivity index (χ4n) is 3.71. The minimum absolute atomic E-state index is 0.00845. The van der Waals surface area contributed by atoms with Crippen LogP contribution in [0.3, 0.4) is 0 Å². The third kappa shape index (κ3) is 6.34. The summed E-state index contributed by atoms with van der Waals surface area (Å²) in [5.41, 5.74) is 0.339. The Morgan fingerprint density at radius 1 is 1.15 bits per heavy atom. The summed E-state index contributed by atoms with van der Waals surface area (Å²) in [7, 11) is 0. The van der Waals surface area contributed by atoms with Crippen molar-refractivity contribution >= 4 is 52.7 Å². The molecule has 1 amide bonds. The molecule has 0 bridgehead atoms. The monoisotopic (exact) mass is 513 g/mol. The summed E-state index contributed by atoms with van der Waals surface area (Å²) in [6.45, 7) is 12.7. The summed E-state index contributed by atoms with van der Waals surface area (Å²) in [4.78, 5) is 25.6. The van der Waals surface area contributed by atoms with Crippen LogP contribution in [0.1, 0.15) is 53.1 Å². The molecule has 10 heteroatoms. The van der Waals surface area contributed by atoms with Crippen LogP contribution in [-0.2, 0) is 4.74 Å². The van der Waals surface area contributed by atoms with Crippen molar-refractivity contribution in [2.24, 2.45) is 0 Å². The number of hydrogen-bond acceptors (Lipinski definition) is 6. The highest BCUT2D eigenvalue weighted by Crippen LogP contribution is 2.31. The zero-order valence-corrected chi connectivity index (χ0v) is 22.0. The molecule has 7 nitrogen and oxygen atoms in total. The number of nitrogens with zero attached hydrogens (tertiary/aromatic N) is 4. The standard InChI is InChI=1S/C23H30Cl3N5O2/c1-13-12-31(22(32)33-23(4,5)6)14(2)11-30(13)21-27-10-19(26)20(29-21)28-15(3)17-8-7-16(24)9-18(17)25/h7-10,13-15H,11-12H2,1-6H3,(H,27,28,29)/t13-,14+,15+/m0/s1. The van der Waals surface area contributed by atoms with Crippen LogP contribution in [0, 0.1) is 0 Å². The number of aromatic nitrogens is 2. The highest BCUT2D eigenvalue weighted by atomic mass is 35.5. The number of hydrogen-bond donors (Lipinski definition) is 1. The van der Waals surface area contributed by atoms with E-state index in [9.17, 15) is 4.79 Å². The van der Waals surface area contributed by atoms with Crippen LogP contribution >= 0.6 is 34.8 Å². The highest BCUT2D eigenvalue weighted by molar-refractivity contribution is 6.35. The van der Waals surface area contributed by atoms with Crippen molar-refractivity contribution in [2.75, 3.05) is 23.3 Å². The van der Waals surface area contributed by atoms with Crippen molar-refractivity contribution in [1.82, 2.24) is 14.9 Å². The largest absolute Gasteiger partial charge is 0.444 e. The van der Waals surface area contributed by atoms with Crippen molar-refractivity contribution in [3.8, 4) is 0 Å². The summed E-state index contributed by atoms with van der Waals surface area (Å²) in [5, 5.41) is 4.87. The molecule has 1 aliphatic rings. The third-order valence-electron chi connectivity index (χ3n) is 5.38. The van der Waals surface area contributed by atoms with Gasteiger partial charge in [0.2, 0.25) is 5.95 Å². The van der Waals surface area contributed by atoms with E-state index in [2.05, 4.69) is 15.2 Å². The van der Waals surface area contributed by atoms with Crippen molar-refractivity contribution in [2.45, 2.75) is 65.3 Å². The predicted octanol–water partition coefficient (Wildman–Crippen LogP) is 6.44. The molecule has 0 unspecified atom stereocenters. The van der Waals surface area contributed by atoms with E-state index in [1.165, 1.54) is 0 Å². The molecule has 180 valence electrons. The van der Waals surface area contributed by atoms with E-state index in [1.807, 2.05) is 47.6 Å². The van der Waals surface area contributed by atoms with Gasteiger partial charge in [-0.2, -0.15) is 4.98 Å². The lowest BCUT2D eigenvalue weighted by Gasteiger charge is -2.44. The first-order valence-electron chi connectivity index (χ1n) is 10.9. The molecule has 2 aromatic rings. The van der Waals surface area contributed by atoms with E-state index in [-0.39, 0.29) is 24.2 Å². The van der Waals surface area contributed by atoms with Gasteiger partial charge in [0.15, 0.2) is 5.82 Å². The molecule has 3 rings (SSSR count). The van der Waals surface area contributed by atoms with Crippen LogP contribution in [0.2, 0.25) is 15.1 Å². The quantitative estimate of drug-likeness (QED) is 0.506. The minimum Gasteiger partial charge on any atom is -0.444 e. The van der Waals surface area contributed by atoms with E-state index in [0.29, 0.717) is 39.9 Å². The number of anilines is 2. The number of benzene rings is 1. The molecular formula is C23H30Cl3N5O2. The van der Waals surface area contributed by atoms with E-state index in [4.69, 9.17) is 44.5 Å². The number of ether oxygens (including phenoxy) is 1. The number of piperazine rings is 1. The Bertz CT molecular complexity index is 1010. The first kappa shape index (κ1) is 25.7. The van der Waals surface area contributed by atoms with Crippen molar-refractivity contribution in [3.05, 3.63) is 45.0 Å². The van der Waals surface area contributed by atoms with E-state index in [1.54, 1.807) is 23.2 Å². The van der Waals surface area contributed by atoms with Gasteiger partial charge in [0, 0.05) is 35.2 Å². The smallest absolute Gasteiger partial charge is 0.410 e. The van der Waals surface area contributed by atoms with Gasteiger partial charge in [-0.1, -0.05) is 40.9 Å². The summed E-state index contributed by atoms with van der Waals surface area (Å²) >= 11 is 18.8. The van der Waals surface area contributed by atoms with Crippen LogP contribution in [0.4, 0.5) is 16.6 Å². The maximum Gasteiger partial charge on any atom is 0.410 e. The first-order valence-corrected chi connectivity index (χ1v) is 12.0. The van der Waals surface area contributed by atoms with Gasteiger partial charge in [0.1, 0.15) is 10.6 Å². The van der Waals surface area contributed by atoms with E-state index in [0.717, 1.165) is 5.56 Å². The van der Waals surface area contributed by atoms with Gasteiger partial charge < -0.3 is 19.9 Å². The molecule has 1 aromatic heterocycles. The van der Waals surface area contributed by atoms with Gasteiger partial charge in [0.25, 0.3) is 0 Å². The molecule has 1 fully saturated rings. The topological polar surface area (TPSA) is 70.6 Å². The van der Waals surface area contributed by atoms with E-state index < -0.39 is 5.60 Å². The lowest BCUT2D eigenvalue weighted by molar-refractivity contribution is 0.0129. The Hall–Kier alpha value is -1.96. The average Bonchev–Trinajstić information content (AvgIpc) is 2.69. The Balaban J connectivity index is 1.77. The van der Waals surface area contributed by atoms with E-state index >= 15 is 0 Å². The number of amides is 1. The zero-order chi connectivity index (χ0) is 24.5. The number of rotatable bonds is 4. The number of nitrogens with one attached hydrogen (secondary N) is 1. The Morgan fingerprint density at radius 3 is 2.48 bits per heavy atom. The number of carbonyl (C=O) groups excluding carboxylic acids is 1. The molecule has 1 aromatic carbocycles. The van der Waals surface area contributed by atoms with Crippen LogP contribution in [0.5, 0.6) is 0 Å². The van der Waals surface area contributed by atoms with Crippen LogP contribution in [0.25, 0.3) is 0 Å². The summed E-state index contributed by atoms with van der Waals surface area (Å²) < 4.78 is 5.57. The van der Waals surface area contributed by atoms with Gasteiger partial charge in [-0.3, -0.25) is 0 Å². The maximum absolute atomic E-state index is 12.6. The summed E-state index contributed by atoms with van der Waals surface area (Å²) in [6, 6.07) is 5.13. The summed E-state index contributed by atoms with van der Waals surface area (Å²) in [6.07, 6.45) is 1.27. The second kappa shape index (κ2) is 10.1. The highest BCUT2D eigenvalue weighted by Gasteiger charge is 2.35. The second-order valence-corrected chi connectivity index (χ2v) is 10.6. The number of carbonyl (C=O) groups is 1. The molecular weight excluding hydrogens is 485 g/mol. The maximum atomic E-state index is 12.6. The first-order chi connectivity index (χ1) is 15.4. The summed E-state index contributed by atoms with van der Waals surface area (Å²) in [5.74, 6) is 1.05. The zero-order valence-electron chi connectivity index (χ0n) is 19.7. The average molecular weight is 515 g/mol. The Kier molecular flexibility index (Phi) is 7.87. The molecule has 0 spiro atoms. The van der Waals surface area contributed by atoms with Crippen LogP contribution in [0.15, 0.2) is 24.4 Å². The molecule has 1 N–H and O–H groups in total. The third-order valence-corrected chi connectivity index (χ3v) is 6.22. The van der Waals surface area contributed by atoms with Crippen LogP contribution < -0.4 is 10.2 Å². The second-order valence-electron chi connectivity index (χ2n) is 9.38. The molecule has 0 aliphatic carbocycles. The lowest BCUT2D eigenvalue weighted by Crippen LogP contribution is -2.59. The Labute approximate surface area is 210 Å². The van der Waals surface area contributed by atoms with Gasteiger partial charge in [-0.05, 0) is 59.2 Å². The molecule has 1 saturated heterocycles. The van der Waals surface area contributed by atoms with Gasteiger partial charge in [0.05, 0.1) is 12.2 Å². The predicted molar refractivity (Wildman–Crippen MR) is 135 cm³/mol. The molecule has 1 aliphatic heterocycles. The molecule has 33 heavy (non-hydrogen) atoms. The van der Waals surface area contributed by atoms with Gasteiger partial charge in [-0.25, -0.2) is 9.78 Å². The Morgan fingerprint density at radius 2 is 1.85 bits per heavy atom. The molecule has 0 saturated carbocycles. The minimum atomic E-state index is -0.541. The molecule has 2 heterocycles. The number of halogens is 3.